The van der Waals surface area contributed by atoms with E-state index in [9.17, 15) is 9.90 Å². The summed E-state index contributed by atoms with van der Waals surface area (Å²) in [4.78, 5) is 9.60. The molecule has 0 bridgehead atoms. The van der Waals surface area contributed by atoms with Crippen molar-refractivity contribution in [2.24, 2.45) is 0 Å². The third-order valence-corrected chi connectivity index (χ3v) is 4.17. The molecule has 0 rings (SSSR count). The summed E-state index contributed by atoms with van der Waals surface area (Å²) in [5.74, 6) is -0.935. The maximum Gasteiger partial charge on any atom is 0.330 e. The predicted octanol–water partition coefficient (Wildman–Crippen LogP) is 4.33. The Labute approximate surface area is 171 Å². The van der Waals surface area contributed by atoms with Gasteiger partial charge in [-0.25, -0.2) is 4.79 Å². The Morgan fingerprint density at radius 3 is 1.82 bits per heavy atom. The topological polar surface area (TPSA) is 96.2 Å². The van der Waals surface area contributed by atoms with E-state index in [0.29, 0.717) is 26.4 Å². The first-order valence-electron chi connectivity index (χ1n) is 10.8. The number of aliphatic hydroxyl groups is 2. The van der Waals surface area contributed by atoms with Crippen molar-refractivity contribution in [1.82, 2.24) is 0 Å². The van der Waals surface area contributed by atoms with Gasteiger partial charge < -0.3 is 24.8 Å². The van der Waals surface area contributed by atoms with Crippen molar-refractivity contribution in [3.8, 4) is 0 Å². The number of ether oxygens (including phenoxy) is 2. The molecule has 0 saturated heterocycles. The first-order valence-corrected chi connectivity index (χ1v) is 10.8. The molecule has 1 atom stereocenters. The number of rotatable bonds is 19. The van der Waals surface area contributed by atoms with Gasteiger partial charge in [0, 0.05) is 5.57 Å². The second kappa shape index (κ2) is 24.1. The van der Waals surface area contributed by atoms with Crippen LogP contribution >= 0.6 is 0 Å². The summed E-state index contributed by atoms with van der Waals surface area (Å²) in [5.41, 5.74) is 0.176. The molecule has 6 nitrogen and oxygen atoms in total. The van der Waals surface area contributed by atoms with Crippen molar-refractivity contribution in [1.29, 1.82) is 0 Å². The van der Waals surface area contributed by atoms with Gasteiger partial charge in [0.05, 0.1) is 39.1 Å². The van der Waals surface area contributed by atoms with Crippen LogP contribution in [0.4, 0.5) is 0 Å². The average Bonchev–Trinajstić information content (AvgIpc) is 2.66. The Morgan fingerprint density at radius 1 is 0.893 bits per heavy atom. The lowest BCUT2D eigenvalue weighted by molar-refractivity contribution is -0.132. The van der Waals surface area contributed by atoms with Gasteiger partial charge in [-0.1, -0.05) is 77.7 Å². The van der Waals surface area contributed by atoms with Gasteiger partial charge in [0.15, 0.2) is 0 Å². The van der Waals surface area contributed by atoms with Crippen LogP contribution < -0.4 is 0 Å². The normalized spacial score (nSPS) is 11.6. The highest BCUT2D eigenvalue weighted by Crippen LogP contribution is 2.12. The molecule has 168 valence electrons. The Hall–Kier alpha value is -0.950. The summed E-state index contributed by atoms with van der Waals surface area (Å²) in [5, 5.41) is 26.2. The highest BCUT2D eigenvalue weighted by molar-refractivity contribution is 5.84. The van der Waals surface area contributed by atoms with E-state index in [1.807, 2.05) is 0 Å². The van der Waals surface area contributed by atoms with Gasteiger partial charge >= 0.3 is 5.97 Å². The molecule has 0 radical (unpaired) electrons. The lowest BCUT2D eigenvalue weighted by atomic mass is 10.0. The molecule has 0 aliphatic rings. The fourth-order valence-corrected chi connectivity index (χ4v) is 2.45. The van der Waals surface area contributed by atoms with Crippen molar-refractivity contribution in [3.05, 3.63) is 12.2 Å². The van der Waals surface area contributed by atoms with Crippen LogP contribution in [0.2, 0.25) is 0 Å². The predicted molar refractivity (Wildman–Crippen MR) is 114 cm³/mol. The molecule has 0 heterocycles. The Morgan fingerprint density at radius 2 is 1.36 bits per heavy atom. The first kappa shape index (κ1) is 29.3. The summed E-state index contributed by atoms with van der Waals surface area (Å²) in [7, 11) is 0. The zero-order valence-corrected chi connectivity index (χ0v) is 18.2. The number of carbonyl (C=O) groups is 1. The molecule has 0 aromatic carbocycles. The summed E-state index contributed by atoms with van der Waals surface area (Å²) in [6.45, 7) is 8.60. The third kappa shape index (κ3) is 27.3. The monoisotopic (exact) mass is 404 g/mol. The molecule has 0 saturated carbocycles. The minimum Gasteiger partial charge on any atom is -0.478 e. The van der Waals surface area contributed by atoms with Crippen molar-refractivity contribution >= 4 is 5.97 Å². The van der Waals surface area contributed by atoms with Gasteiger partial charge in [0.25, 0.3) is 0 Å². The molecule has 28 heavy (non-hydrogen) atoms. The van der Waals surface area contributed by atoms with E-state index < -0.39 is 5.97 Å². The van der Waals surface area contributed by atoms with Crippen LogP contribution in [0.1, 0.15) is 84.5 Å². The summed E-state index contributed by atoms with van der Waals surface area (Å²) in [6.07, 6.45) is 13.6. The molecule has 0 fully saturated rings. The quantitative estimate of drug-likeness (QED) is 0.219. The maximum atomic E-state index is 9.77. The van der Waals surface area contributed by atoms with E-state index in [1.165, 1.54) is 64.7 Å². The Balaban J connectivity index is 0. The van der Waals surface area contributed by atoms with E-state index in [2.05, 4.69) is 13.5 Å². The minimum atomic E-state index is -0.935. The zero-order valence-electron chi connectivity index (χ0n) is 18.2. The van der Waals surface area contributed by atoms with E-state index in [-0.39, 0.29) is 18.3 Å². The summed E-state index contributed by atoms with van der Waals surface area (Å²) < 4.78 is 10.4. The maximum absolute atomic E-state index is 9.77. The van der Waals surface area contributed by atoms with Crippen LogP contribution in [0.25, 0.3) is 0 Å². The van der Waals surface area contributed by atoms with E-state index in [1.54, 1.807) is 0 Å². The van der Waals surface area contributed by atoms with Crippen LogP contribution in [0.15, 0.2) is 12.2 Å². The number of aliphatic carboxylic acids is 1. The summed E-state index contributed by atoms with van der Waals surface area (Å²) >= 11 is 0. The SMILES string of the molecule is C=C(C)C(=O)O.CCCCCCCCCCCCC(O)COCCOCCO. The molecule has 3 N–H and O–H groups in total. The minimum absolute atomic E-state index is 0.0430. The van der Waals surface area contributed by atoms with E-state index >= 15 is 0 Å². The number of unbranched alkanes of at least 4 members (excludes halogenated alkanes) is 9. The van der Waals surface area contributed by atoms with E-state index in [4.69, 9.17) is 19.7 Å². The molecular formula is C22H44O6. The highest BCUT2D eigenvalue weighted by Gasteiger charge is 2.04. The molecule has 1 unspecified atom stereocenters. The molecule has 0 aromatic heterocycles. The lowest BCUT2D eigenvalue weighted by Crippen LogP contribution is -2.17. The van der Waals surface area contributed by atoms with Crippen LogP contribution in [0.5, 0.6) is 0 Å². The lowest BCUT2D eigenvalue weighted by Gasteiger charge is -2.11. The van der Waals surface area contributed by atoms with Crippen LogP contribution in [0, 0.1) is 0 Å². The molecule has 0 aromatic rings. The van der Waals surface area contributed by atoms with Gasteiger partial charge in [-0.3, -0.25) is 0 Å². The fourth-order valence-electron chi connectivity index (χ4n) is 2.45. The molecule has 0 aliphatic heterocycles. The number of hydrogen-bond donors (Lipinski definition) is 3. The number of carboxylic acids is 1. The largest absolute Gasteiger partial charge is 0.478 e. The fraction of sp³-hybridized carbons (Fsp3) is 0.864. The highest BCUT2D eigenvalue weighted by atomic mass is 16.5. The van der Waals surface area contributed by atoms with Crippen molar-refractivity contribution in [3.63, 3.8) is 0 Å². The van der Waals surface area contributed by atoms with Gasteiger partial charge in [0.2, 0.25) is 0 Å². The van der Waals surface area contributed by atoms with Gasteiger partial charge in [-0.15, -0.1) is 0 Å². The molecule has 0 amide bonds. The third-order valence-electron chi connectivity index (χ3n) is 4.17. The number of hydrogen-bond acceptors (Lipinski definition) is 5. The Kier molecular flexibility index (Phi) is 25.2. The second-order valence-corrected chi connectivity index (χ2v) is 7.12. The molecule has 0 spiro atoms. The Bertz CT molecular complexity index is 334. The van der Waals surface area contributed by atoms with Gasteiger partial charge in [-0.2, -0.15) is 0 Å². The van der Waals surface area contributed by atoms with Crippen LogP contribution in [-0.4, -0.2) is 60.4 Å². The van der Waals surface area contributed by atoms with Crippen LogP contribution in [-0.2, 0) is 14.3 Å². The second-order valence-electron chi connectivity index (χ2n) is 7.12. The first-order chi connectivity index (χ1) is 13.5. The van der Waals surface area contributed by atoms with Gasteiger partial charge in [0.1, 0.15) is 0 Å². The zero-order chi connectivity index (χ0) is 21.5. The van der Waals surface area contributed by atoms with Crippen LogP contribution in [0.3, 0.4) is 0 Å². The van der Waals surface area contributed by atoms with Gasteiger partial charge in [-0.05, 0) is 13.3 Å². The summed E-state index contributed by atoms with van der Waals surface area (Å²) in [6, 6.07) is 0. The molecule has 6 heteroatoms. The van der Waals surface area contributed by atoms with E-state index in [0.717, 1.165) is 12.8 Å². The number of aliphatic hydroxyl groups excluding tert-OH is 2. The van der Waals surface area contributed by atoms with Crippen molar-refractivity contribution < 1.29 is 29.6 Å². The van der Waals surface area contributed by atoms with Crippen molar-refractivity contribution in [2.45, 2.75) is 90.6 Å². The molecule has 0 aliphatic carbocycles. The smallest absolute Gasteiger partial charge is 0.330 e. The standard InChI is InChI=1S/C18H38O4.C4H6O2/c1-2-3-4-5-6-7-8-9-10-11-12-18(20)17-22-16-15-21-14-13-19;1-3(2)4(5)6/h18-20H,2-17H2,1H3;1H2,2H3,(H,5,6). The average molecular weight is 405 g/mol. The van der Waals surface area contributed by atoms with Crippen molar-refractivity contribution in [2.75, 3.05) is 33.0 Å². The molecular weight excluding hydrogens is 360 g/mol. The number of carboxylic acid groups (broad SMARTS) is 1.